The highest BCUT2D eigenvalue weighted by Gasteiger charge is 2.34. The molecule has 26 heavy (non-hydrogen) atoms. The van der Waals surface area contributed by atoms with Crippen LogP contribution in [-0.2, 0) is 9.53 Å². The lowest BCUT2D eigenvalue weighted by atomic mass is 10.1. The zero-order valence-electron chi connectivity index (χ0n) is 15.3. The normalized spacial score (nSPS) is 14.5. The van der Waals surface area contributed by atoms with Crippen LogP contribution in [0.15, 0.2) is 30.3 Å². The third-order valence-corrected chi connectivity index (χ3v) is 6.21. The molecule has 0 heterocycles. The SMILES string of the molecule is CCSC(SCC)C(NC(C)=O)C(O)C(O)COC(=O)c1ccccc1. The molecular formula is C18H27NO5S2. The van der Waals surface area contributed by atoms with E-state index in [0.29, 0.717) is 5.56 Å². The van der Waals surface area contributed by atoms with Gasteiger partial charge in [-0.2, -0.15) is 0 Å². The molecule has 0 saturated carbocycles. The second kappa shape index (κ2) is 12.2. The Balaban J connectivity index is 2.73. The largest absolute Gasteiger partial charge is 0.459 e. The van der Waals surface area contributed by atoms with Crippen LogP contribution in [0.1, 0.15) is 31.1 Å². The first-order valence-electron chi connectivity index (χ1n) is 8.49. The van der Waals surface area contributed by atoms with E-state index in [1.807, 2.05) is 13.8 Å². The maximum Gasteiger partial charge on any atom is 0.338 e. The van der Waals surface area contributed by atoms with Gasteiger partial charge in [-0.15, -0.1) is 23.5 Å². The third-order valence-electron chi connectivity index (χ3n) is 3.48. The molecule has 1 amide bonds. The molecule has 1 aromatic rings. The number of amides is 1. The summed E-state index contributed by atoms with van der Waals surface area (Å²) in [4.78, 5) is 23.5. The molecule has 0 aliphatic carbocycles. The summed E-state index contributed by atoms with van der Waals surface area (Å²) in [7, 11) is 0. The second-order valence-corrected chi connectivity index (χ2v) is 8.66. The van der Waals surface area contributed by atoms with Gasteiger partial charge in [-0.25, -0.2) is 4.79 Å². The highest BCUT2D eigenvalue weighted by Crippen LogP contribution is 2.29. The number of carbonyl (C=O) groups is 2. The summed E-state index contributed by atoms with van der Waals surface area (Å²) >= 11 is 3.17. The number of carbonyl (C=O) groups excluding carboxylic acids is 2. The van der Waals surface area contributed by atoms with Crippen molar-refractivity contribution in [3.63, 3.8) is 0 Å². The fourth-order valence-corrected chi connectivity index (χ4v) is 5.02. The zero-order chi connectivity index (χ0) is 19.5. The van der Waals surface area contributed by atoms with Crippen LogP contribution in [-0.4, -0.2) is 63.0 Å². The molecule has 0 radical (unpaired) electrons. The fourth-order valence-electron chi connectivity index (χ4n) is 2.29. The first-order valence-corrected chi connectivity index (χ1v) is 10.6. The summed E-state index contributed by atoms with van der Waals surface area (Å²) in [5, 5.41) is 23.6. The standard InChI is InChI=1S/C18H27NO5S2/c1-4-25-18(26-5-2)15(19-12(3)20)16(22)14(21)11-24-17(23)13-9-7-6-8-10-13/h6-10,14-16,18,21-22H,4-5,11H2,1-3H3,(H,19,20). The number of aliphatic hydroxyl groups is 2. The van der Waals surface area contributed by atoms with E-state index in [2.05, 4.69) is 5.32 Å². The lowest BCUT2D eigenvalue weighted by molar-refractivity contribution is -0.121. The molecule has 0 aliphatic rings. The van der Waals surface area contributed by atoms with Crippen molar-refractivity contribution in [3.8, 4) is 0 Å². The highest BCUT2D eigenvalue weighted by atomic mass is 32.2. The van der Waals surface area contributed by atoms with Crippen molar-refractivity contribution in [2.75, 3.05) is 18.1 Å². The Kier molecular flexibility index (Phi) is 10.7. The quantitative estimate of drug-likeness (QED) is 0.385. The minimum Gasteiger partial charge on any atom is -0.459 e. The smallest absolute Gasteiger partial charge is 0.338 e. The van der Waals surface area contributed by atoms with E-state index in [1.165, 1.54) is 6.92 Å². The Morgan fingerprint density at radius 3 is 2.19 bits per heavy atom. The van der Waals surface area contributed by atoms with Crippen molar-refractivity contribution < 1.29 is 24.5 Å². The summed E-state index contributed by atoms with van der Waals surface area (Å²) < 4.78 is 4.97. The van der Waals surface area contributed by atoms with Crippen molar-refractivity contribution in [1.82, 2.24) is 5.32 Å². The van der Waals surface area contributed by atoms with Crippen LogP contribution in [0.25, 0.3) is 0 Å². The molecule has 3 N–H and O–H groups in total. The topological polar surface area (TPSA) is 95.9 Å². The lowest BCUT2D eigenvalue weighted by Crippen LogP contribution is -2.53. The van der Waals surface area contributed by atoms with Crippen LogP contribution in [0.5, 0.6) is 0 Å². The number of esters is 1. The van der Waals surface area contributed by atoms with Crippen molar-refractivity contribution in [3.05, 3.63) is 35.9 Å². The van der Waals surface area contributed by atoms with Gasteiger partial charge in [-0.05, 0) is 23.6 Å². The van der Waals surface area contributed by atoms with Gasteiger partial charge in [0.05, 0.1) is 16.2 Å². The van der Waals surface area contributed by atoms with E-state index in [9.17, 15) is 19.8 Å². The third kappa shape index (κ3) is 7.57. The average molecular weight is 402 g/mol. The van der Waals surface area contributed by atoms with Crippen molar-refractivity contribution >= 4 is 35.4 Å². The minimum atomic E-state index is -1.31. The Morgan fingerprint density at radius 2 is 1.69 bits per heavy atom. The summed E-state index contributed by atoms with van der Waals surface area (Å²) in [5.41, 5.74) is 0.369. The van der Waals surface area contributed by atoms with Crippen LogP contribution < -0.4 is 5.32 Å². The molecule has 146 valence electrons. The maximum absolute atomic E-state index is 12.0. The number of ether oxygens (including phenoxy) is 1. The number of nitrogens with one attached hydrogen (secondary N) is 1. The van der Waals surface area contributed by atoms with Crippen molar-refractivity contribution in [2.45, 2.75) is 43.6 Å². The Labute approximate surface area is 163 Å². The molecule has 8 heteroatoms. The molecule has 0 aromatic heterocycles. The molecule has 0 bridgehead atoms. The van der Waals surface area contributed by atoms with Crippen LogP contribution in [0.4, 0.5) is 0 Å². The summed E-state index contributed by atoms with van der Waals surface area (Å²) in [6.07, 6.45) is -2.57. The van der Waals surface area contributed by atoms with E-state index in [0.717, 1.165) is 11.5 Å². The Morgan fingerprint density at radius 1 is 1.12 bits per heavy atom. The van der Waals surface area contributed by atoms with Crippen LogP contribution in [0.3, 0.4) is 0 Å². The molecule has 6 nitrogen and oxygen atoms in total. The predicted molar refractivity (Wildman–Crippen MR) is 106 cm³/mol. The van der Waals surface area contributed by atoms with Gasteiger partial charge in [-0.3, -0.25) is 4.79 Å². The number of hydrogen-bond donors (Lipinski definition) is 3. The van der Waals surface area contributed by atoms with Crippen molar-refractivity contribution in [2.24, 2.45) is 0 Å². The monoisotopic (exact) mass is 401 g/mol. The van der Waals surface area contributed by atoms with E-state index in [-0.39, 0.29) is 17.1 Å². The van der Waals surface area contributed by atoms with Gasteiger partial charge in [0.15, 0.2) is 0 Å². The summed E-state index contributed by atoms with van der Waals surface area (Å²) in [6, 6.07) is 7.76. The van der Waals surface area contributed by atoms with E-state index < -0.39 is 24.2 Å². The van der Waals surface area contributed by atoms with Gasteiger partial charge in [0.1, 0.15) is 18.8 Å². The fraction of sp³-hybridized carbons (Fsp3) is 0.556. The molecule has 3 unspecified atom stereocenters. The molecule has 0 saturated heterocycles. The lowest BCUT2D eigenvalue weighted by Gasteiger charge is -2.32. The van der Waals surface area contributed by atoms with E-state index in [4.69, 9.17) is 4.74 Å². The predicted octanol–water partition coefficient (Wildman–Crippen LogP) is 1.90. The number of aliphatic hydroxyl groups excluding tert-OH is 2. The van der Waals surface area contributed by atoms with Crippen LogP contribution in [0, 0.1) is 0 Å². The van der Waals surface area contributed by atoms with Crippen molar-refractivity contribution in [1.29, 1.82) is 0 Å². The first-order chi connectivity index (χ1) is 12.4. The number of benzene rings is 1. The van der Waals surface area contributed by atoms with Crippen LogP contribution in [0.2, 0.25) is 0 Å². The van der Waals surface area contributed by atoms with Crippen LogP contribution >= 0.6 is 23.5 Å². The number of hydrogen-bond acceptors (Lipinski definition) is 7. The highest BCUT2D eigenvalue weighted by molar-refractivity contribution is 8.17. The van der Waals surface area contributed by atoms with Gasteiger partial charge >= 0.3 is 5.97 Å². The first kappa shape index (κ1) is 22.8. The number of thioether (sulfide) groups is 2. The summed E-state index contributed by atoms with van der Waals surface area (Å²) in [5.74, 6) is 0.746. The van der Waals surface area contributed by atoms with Gasteiger partial charge in [-0.1, -0.05) is 32.0 Å². The van der Waals surface area contributed by atoms with E-state index in [1.54, 1.807) is 53.9 Å². The molecule has 0 fully saturated rings. The van der Waals surface area contributed by atoms with E-state index >= 15 is 0 Å². The van der Waals surface area contributed by atoms with Gasteiger partial charge in [0.2, 0.25) is 5.91 Å². The molecule has 0 spiro atoms. The van der Waals surface area contributed by atoms with Gasteiger partial charge < -0.3 is 20.3 Å². The van der Waals surface area contributed by atoms with Gasteiger partial charge in [0, 0.05) is 6.92 Å². The molecular weight excluding hydrogens is 374 g/mol. The summed E-state index contributed by atoms with van der Waals surface area (Å²) in [6.45, 7) is 4.99. The minimum absolute atomic E-state index is 0.122. The maximum atomic E-state index is 12.0. The molecule has 0 aliphatic heterocycles. The second-order valence-electron chi connectivity index (χ2n) is 5.53. The van der Waals surface area contributed by atoms with Gasteiger partial charge in [0.25, 0.3) is 0 Å². The molecule has 1 aromatic carbocycles. The molecule has 3 atom stereocenters. The average Bonchev–Trinajstić information content (AvgIpc) is 2.63. The Bertz CT molecular complexity index is 552. The zero-order valence-corrected chi connectivity index (χ0v) is 16.9. The number of rotatable bonds is 11. The Hall–Kier alpha value is -1.22. The molecule has 1 rings (SSSR count).